The molecule has 20 aromatic rings. The summed E-state index contributed by atoms with van der Waals surface area (Å²) >= 11 is 5.74. The van der Waals surface area contributed by atoms with E-state index >= 15 is 0 Å². The Labute approximate surface area is 606 Å². The molecule has 3 aromatic heterocycles. The average Bonchev–Trinajstić information content (AvgIpc) is 1.57. The van der Waals surface area contributed by atoms with E-state index in [1.807, 2.05) is 34.9 Å². The zero-order valence-corrected chi connectivity index (χ0v) is 57.9. The lowest BCUT2D eigenvalue weighted by molar-refractivity contribution is 0.724. The van der Waals surface area contributed by atoms with Crippen LogP contribution in [0.5, 0.6) is 0 Å². The van der Waals surface area contributed by atoms with Gasteiger partial charge < -0.3 is 9.13 Å². The van der Waals surface area contributed by atoms with E-state index in [2.05, 4.69) is 349 Å². The van der Waals surface area contributed by atoms with E-state index < -0.39 is 10.8 Å². The number of thiophene rings is 1. The topological polar surface area (TPSA) is 9.86 Å². The quantitative estimate of drug-likeness (QED) is 0.174. The lowest BCUT2D eigenvalue weighted by atomic mass is 9.67. The molecule has 2 nitrogen and oxygen atoms in total. The SMILES string of the molecule is c1ccc2c(c1)Sc1cc3c4c5ccccc5ccc4n(-c4ccc5c(c4)sc4ccc(-c6ccc7c(ccc8c7c7cc9c(cc7n8-c7ccc(-c8ccc%10ccccc%10c8)cc7)C7(c8ccccc8S9)c8ccccc8-c8ccccc87)c6)cc45)c3cc1C21c2ccccc2-c2ccccc21. The number of nitrogens with zero attached hydrogens (tertiary/aromatic N) is 2. The first-order valence-electron chi connectivity index (χ1n) is 35.6. The first-order valence-corrected chi connectivity index (χ1v) is 38.0. The Balaban J connectivity index is 0.667. The summed E-state index contributed by atoms with van der Waals surface area (Å²) in [5.41, 5.74) is 27.0. The predicted molar refractivity (Wildman–Crippen MR) is 434 cm³/mol. The summed E-state index contributed by atoms with van der Waals surface area (Å²) in [6.45, 7) is 0. The van der Waals surface area contributed by atoms with Gasteiger partial charge in [-0.1, -0.05) is 266 Å². The Bertz CT molecular complexity index is 7110. The summed E-state index contributed by atoms with van der Waals surface area (Å²) in [7, 11) is 0. The van der Waals surface area contributed by atoms with Crippen molar-refractivity contribution in [2.24, 2.45) is 0 Å². The van der Waals surface area contributed by atoms with Crippen molar-refractivity contribution in [3.63, 3.8) is 0 Å². The van der Waals surface area contributed by atoms with Crippen LogP contribution in [0.4, 0.5) is 0 Å². The number of rotatable bonds is 4. The summed E-state index contributed by atoms with van der Waals surface area (Å²) < 4.78 is 7.68. The van der Waals surface area contributed by atoms with E-state index in [1.165, 1.54) is 205 Å². The van der Waals surface area contributed by atoms with Crippen LogP contribution >= 0.6 is 34.9 Å². The fourth-order valence-corrected chi connectivity index (χ4v) is 22.9. The van der Waals surface area contributed by atoms with Crippen LogP contribution in [0.3, 0.4) is 0 Å². The molecule has 0 saturated carbocycles. The Morgan fingerprint density at radius 1 is 0.214 bits per heavy atom. The van der Waals surface area contributed by atoms with Crippen LogP contribution in [-0.2, 0) is 10.8 Å². The van der Waals surface area contributed by atoms with Crippen molar-refractivity contribution in [2.75, 3.05) is 0 Å². The van der Waals surface area contributed by atoms with E-state index in [0.717, 1.165) is 11.4 Å². The molecular weight excluding hydrogens is 1300 g/mol. The van der Waals surface area contributed by atoms with Crippen LogP contribution in [0, 0.1) is 0 Å². The lowest BCUT2D eigenvalue weighted by Gasteiger charge is -2.39. The Morgan fingerprint density at radius 2 is 0.641 bits per heavy atom. The van der Waals surface area contributed by atoms with Gasteiger partial charge in [-0.2, -0.15) is 0 Å². The van der Waals surface area contributed by atoms with Gasteiger partial charge in [0.15, 0.2) is 0 Å². The summed E-state index contributed by atoms with van der Waals surface area (Å²) in [5, 5.41) is 15.1. The number of hydrogen-bond acceptors (Lipinski definition) is 3. The van der Waals surface area contributed by atoms with Gasteiger partial charge in [-0.3, -0.25) is 0 Å². The van der Waals surface area contributed by atoms with Crippen molar-refractivity contribution in [1.29, 1.82) is 0 Å². The minimum absolute atomic E-state index is 0.491. The minimum atomic E-state index is -0.509. The largest absolute Gasteiger partial charge is 0.309 e. The molecule has 0 fully saturated rings. The molecule has 2 spiro atoms. The average molecular weight is 1360 g/mol. The Hall–Kier alpha value is -12.0. The summed E-state index contributed by atoms with van der Waals surface area (Å²) in [4.78, 5) is 5.22. The van der Waals surface area contributed by atoms with Gasteiger partial charge in [0.25, 0.3) is 0 Å². The number of benzene rings is 17. The van der Waals surface area contributed by atoms with Crippen LogP contribution in [-0.4, -0.2) is 9.13 Å². The Kier molecular flexibility index (Phi) is 11.5. The minimum Gasteiger partial charge on any atom is -0.309 e. The molecule has 0 unspecified atom stereocenters. The van der Waals surface area contributed by atoms with Crippen LogP contribution in [0.25, 0.3) is 152 Å². The molecule has 0 saturated heterocycles. The van der Waals surface area contributed by atoms with Gasteiger partial charge in [-0.05, 0) is 218 Å². The van der Waals surface area contributed by atoms with Crippen molar-refractivity contribution >= 4 is 131 Å². The molecule has 0 amide bonds. The van der Waals surface area contributed by atoms with E-state index in [0.29, 0.717) is 0 Å². The third-order valence-corrected chi connectivity index (χ3v) is 27.0. The maximum Gasteiger partial charge on any atom is 0.0736 e. The van der Waals surface area contributed by atoms with E-state index in [1.54, 1.807) is 0 Å². The van der Waals surface area contributed by atoms with Crippen LogP contribution in [0.2, 0.25) is 0 Å². The zero-order chi connectivity index (χ0) is 67.0. The number of fused-ring (bicyclic) bond motifs is 32. The van der Waals surface area contributed by atoms with Gasteiger partial charge in [-0.15, -0.1) is 11.3 Å². The third kappa shape index (κ3) is 7.55. The van der Waals surface area contributed by atoms with E-state index in [-0.39, 0.29) is 0 Å². The van der Waals surface area contributed by atoms with Gasteiger partial charge in [0.05, 0.1) is 32.9 Å². The number of hydrogen-bond donors (Lipinski definition) is 0. The van der Waals surface area contributed by atoms with Gasteiger partial charge in [0, 0.05) is 72.7 Å². The van der Waals surface area contributed by atoms with Gasteiger partial charge in [0.2, 0.25) is 0 Å². The molecule has 2 aliphatic heterocycles. The maximum absolute atomic E-state index is 2.58. The van der Waals surface area contributed by atoms with Crippen LogP contribution in [0.1, 0.15) is 44.5 Å². The molecule has 4 aliphatic rings. The normalized spacial score (nSPS) is 14.1. The molecule has 5 heteroatoms. The predicted octanol–water partition coefficient (Wildman–Crippen LogP) is 26.7. The number of aromatic nitrogens is 2. The zero-order valence-electron chi connectivity index (χ0n) is 55.5. The van der Waals surface area contributed by atoms with Gasteiger partial charge in [-0.25, -0.2) is 0 Å². The second-order valence-electron chi connectivity index (χ2n) is 28.5. The molecule has 24 rings (SSSR count). The highest BCUT2D eigenvalue weighted by Gasteiger charge is 2.52. The molecule has 5 heterocycles. The molecule has 2 aliphatic carbocycles. The van der Waals surface area contributed by atoms with Crippen LogP contribution in [0.15, 0.2) is 359 Å². The lowest BCUT2D eigenvalue weighted by Crippen LogP contribution is -2.32. The van der Waals surface area contributed by atoms with Crippen LogP contribution < -0.4 is 0 Å². The summed E-state index contributed by atoms with van der Waals surface area (Å²) in [6, 6.07) is 130. The van der Waals surface area contributed by atoms with Crippen molar-refractivity contribution in [1.82, 2.24) is 9.13 Å². The smallest absolute Gasteiger partial charge is 0.0736 e. The highest BCUT2D eigenvalue weighted by atomic mass is 32.2. The van der Waals surface area contributed by atoms with E-state index in [9.17, 15) is 0 Å². The highest BCUT2D eigenvalue weighted by Crippen LogP contribution is 2.65. The second-order valence-corrected chi connectivity index (χ2v) is 31.7. The first-order chi connectivity index (χ1) is 51.0. The molecule has 0 N–H and O–H groups in total. The summed E-state index contributed by atoms with van der Waals surface area (Å²) in [5.74, 6) is 0. The summed E-state index contributed by atoms with van der Waals surface area (Å²) in [6.07, 6.45) is 0. The van der Waals surface area contributed by atoms with Crippen molar-refractivity contribution < 1.29 is 0 Å². The molecule has 0 bridgehead atoms. The molecular formula is C98H56N2S3. The van der Waals surface area contributed by atoms with Gasteiger partial charge in [0.1, 0.15) is 0 Å². The Morgan fingerprint density at radius 3 is 1.25 bits per heavy atom. The fourth-order valence-electron chi connectivity index (χ4n) is 19.3. The van der Waals surface area contributed by atoms with Gasteiger partial charge >= 0.3 is 0 Å². The molecule has 103 heavy (non-hydrogen) atoms. The molecule has 0 radical (unpaired) electrons. The second kappa shape index (κ2) is 20.8. The fraction of sp³-hybridized carbons (Fsp3) is 0.0204. The molecule has 476 valence electrons. The molecule has 0 atom stereocenters. The van der Waals surface area contributed by atoms with Crippen molar-refractivity contribution in [3.8, 4) is 55.9 Å². The van der Waals surface area contributed by atoms with Crippen molar-refractivity contribution in [3.05, 3.63) is 384 Å². The maximum atomic E-state index is 2.58. The van der Waals surface area contributed by atoms with E-state index in [4.69, 9.17) is 0 Å². The highest BCUT2D eigenvalue weighted by molar-refractivity contribution is 7.99. The monoisotopic (exact) mass is 1360 g/mol. The molecule has 17 aromatic carbocycles. The standard InChI is InChI=1S/C98H56N2S3/c1-2-19-60-49-61(34-33-57(60)17-1)58-35-41-65(42-36-58)99-85-47-39-64-50-62(37-44-68(64)96(85)75-53-93-83(55-87(75)99)97(81-29-13-15-31-90(81)102-93)77-25-9-5-21-69(77)70-22-6-10-26-78(70)97)63-40-48-89-74(51-63)73-45-43-66(52-92(73)101-89)100-86-46-38-59-18-3-4-20-67(59)95(86)76-54-94-84(56-88(76)100)98(82-30-14-16-32-91(82)103-94)79-27-11-7-23-71(79)72-24-8-12-28-80(72)98/h1-56H. The first kappa shape index (κ1) is 56.8. The van der Waals surface area contributed by atoms with Crippen molar-refractivity contribution in [2.45, 2.75) is 30.4 Å². The third-order valence-electron chi connectivity index (χ3n) is 23.6.